The first kappa shape index (κ1) is 23.1. The monoisotopic (exact) mass is 465 g/mol. The molecule has 33 heavy (non-hydrogen) atoms. The Morgan fingerprint density at radius 1 is 1.18 bits per heavy atom. The minimum Gasteiger partial charge on any atom is -0.444 e. The molecule has 1 atom stereocenters. The van der Waals surface area contributed by atoms with Crippen molar-refractivity contribution in [3.8, 4) is 11.3 Å². The molecule has 0 unspecified atom stereocenters. The molecule has 1 amide bonds. The first-order valence-electron chi connectivity index (χ1n) is 11.1. The summed E-state index contributed by atoms with van der Waals surface area (Å²) in [4.78, 5) is 32.2. The molecule has 1 aliphatic heterocycles. The summed E-state index contributed by atoms with van der Waals surface area (Å²) >= 11 is 6.06. The highest BCUT2D eigenvalue weighted by molar-refractivity contribution is 6.30. The number of amides is 1. The molecule has 4 rings (SSSR count). The largest absolute Gasteiger partial charge is 0.444 e. The van der Waals surface area contributed by atoms with Gasteiger partial charge in [-0.05, 0) is 57.2 Å². The number of halogens is 1. The van der Waals surface area contributed by atoms with Crippen LogP contribution in [0, 0.1) is 5.92 Å². The second kappa shape index (κ2) is 9.83. The maximum atomic E-state index is 12.3. The summed E-state index contributed by atoms with van der Waals surface area (Å²) < 4.78 is 5.49. The van der Waals surface area contributed by atoms with Crippen molar-refractivity contribution in [1.82, 2.24) is 24.8 Å². The van der Waals surface area contributed by atoms with Crippen molar-refractivity contribution < 1.29 is 9.53 Å². The molecule has 2 aromatic heterocycles. The fourth-order valence-corrected chi connectivity index (χ4v) is 4.05. The molecule has 0 aliphatic carbocycles. The Labute approximate surface area is 199 Å². The Morgan fingerprint density at radius 3 is 2.70 bits per heavy atom. The summed E-state index contributed by atoms with van der Waals surface area (Å²) in [5.74, 6) is 1.05. The van der Waals surface area contributed by atoms with E-state index >= 15 is 0 Å². The molecule has 1 fully saturated rings. The van der Waals surface area contributed by atoms with Crippen molar-refractivity contribution in [3.63, 3.8) is 0 Å². The second-order valence-electron chi connectivity index (χ2n) is 9.38. The van der Waals surface area contributed by atoms with Gasteiger partial charge >= 0.3 is 6.09 Å². The maximum Gasteiger partial charge on any atom is 0.410 e. The van der Waals surface area contributed by atoms with Gasteiger partial charge in [0.2, 0.25) is 0 Å². The highest BCUT2D eigenvalue weighted by Gasteiger charge is 2.30. The predicted molar refractivity (Wildman–Crippen MR) is 127 cm³/mol. The van der Waals surface area contributed by atoms with Crippen molar-refractivity contribution in [2.24, 2.45) is 5.92 Å². The Morgan fingerprint density at radius 2 is 1.97 bits per heavy atom. The van der Waals surface area contributed by atoms with E-state index in [1.54, 1.807) is 29.7 Å². The highest BCUT2D eigenvalue weighted by Crippen LogP contribution is 2.23. The molecular weight excluding hydrogens is 438 g/mol. The summed E-state index contributed by atoms with van der Waals surface area (Å²) in [6.45, 7) is 7.02. The fourth-order valence-electron chi connectivity index (χ4n) is 3.84. The summed E-state index contributed by atoms with van der Waals surface area (Å²) in [5, 5.41) is 0.702. The average molecular weight is 466 g/mol. The highest BCUT2D eigenvalue weighted by atomic mass is 35.5. The third-order valence-electron chi connectivity index (χ3n) is 5.37. The van der Waals surface area contributed by atoms with Gasteiger partial charge in [0.25, 0.3) is 0 Å². The minimum absolute atomic E-state index is 0.250. The van der Waals surface area contributed by atoms with Crippen molar-refractivity contribution in [3.05, 3.63) is 71.2 Å². The molecule has 0 spiro atoms. The van der Waals surface area contributed by atoms with E-state index in [1.807, 2.05) is 45.0 Å². The molecule has 0 radical (unpaired) electrons. The van der Waals surface area contributed by atoms with Crippen LogP contribution >= 0.6 is 11.6 Å². The number of hydrogen-bond acceptors (Lipinski definition) is 6. The number of hydrogen-bond donors (Lipinski definition) is 0. The topological polar surface area (TPSA) is 81.1 Å². The van der Waals surface area contributed by atoms with Gasteiger partial charge in [0.05, 0.1) is 17.6 Å². The lowest BCUT2D eigenvalue weighted by Gasteiger charge is -2.24. The van der Waals surface area contributed by atoms with Crippen LogP contribution < -0.4 is 0 Å². The fraction of sp³-hybridized carbons (Fsp3) is 0.400. The van der Waals surface area contributed by atoms with Gasteiger partial charge in [-0.3, -0.25) is 4.98 Å². The lowest BCUT2D eigenvalue weighted by Crippen LogP contribution is -2.35. The Hall–Kier alpha value is -3.06. The Bertz CT molecular complexity index is 1110. The van der Waals surface area contributed by atoms with Crippen LogP contribution in [0.2, 0.25) is 5.02 Å². The lowest BCUT2D eigenvalue weighted by molar-refractivity contribution is 0.0288. The summed E-state index contributed by atoms with van der Waals surface area (Å²) in [6.07, 6.45) is 9.11. The molecule has 172 valence electrons. The van der Waals surface area contributed by atoms with E-state index in [0.717, 1.165) is 41.2 Å². The molecule has 0 bridgehead atoms. The number of likely N-dealkylation sites (tertiary alicyclic amines) is 1. The third-order valence-corrected chi connectivity index (χ3v) is 5.61. The molecule has 7 nitrogen and oxygen atoms in total. The zero-order valence-electron chi connectivity index (χ0n) is 19.2. The summed E-state index contributed by atoms with van der Waals surface area (Å²) in [7, 11) is 0. The van der Waals surface area contributed by atoms with Crippen LogP contribution in [0.15, 0.2) is 49.1 Å². The van der Waals surface area contributed by atoms with E-state index in [4.69, 9.17) is 21.3 Å². The van der Waals surface area contributed by atoms with Crippen LogP contribution in [0.1, 0.15) is 44.3 Å². The standard InChI is InChI=1S/C25H28ClN5O2/c1-25(2,3)33-24(32)31-8-7-18(16-31)10-21-14-27-15-22(30-21)19-12-28-23(29-13-19)11-17-5-4-6-20(26)9-17/h4-6,9,12-15,18H,7-8,10-11,16H2,1-3H3/t18-/m1/s1. The predicted octanol–water partition coefficient (Wildman–Crippen LogP) is 4.98. The third kappa shape index (κ3) is 6.48. The van der Waals surface area contributed by atoms with Gasteiger partial charge < -0.3 is 9.64 Å². The summed E-state index contributed by atoms with van der Waals surface area (Å²) in [6, 6.07) is 7.69. The first-order chi connectivity index (χ1) is 15.7. The van der Waals surface area contributed by atoms with Gasteiger partial charge in [0, 0.05) is 48.7 Å². The molecule has 3 aromatic rings. The second-order valence-corrected chi connectivity index (χ2v) is 9.81. The minimum atomic E-state index is -0.485. The maximum absolute atomic E-state index is 12.3. The molecule has 1 aromatic carbocycles. The number of nitrogens with zero attached hydrogens (tertiary/aromatic N) is 5. The van der Waals surface area contributed by atoms with Gasteiger partial charge in [-0.25, -0.2) is 19.7 Å². The number of carbonyl (C=O) groups is 1. The molecular formula is C25H28ClN5O2. The van der Waals surface area contributed by atoms with Crippen LogP contribution in [0.4, 0.5) is 4.79 Å². The van der Waals surface area contributed by atoms with E-state index in [0.29, 0.717) is 30.5 Å². The quantitative estimate of drug-likeness (QED) is 0.528. The van der Waals surface area contributed by atoms with Crippen molar-refractivity contribution >= 4 is 17.7 Å². The number of aromatic nitrogens is 4. The lowest BCUT2D eigenvalue weighted by atomic mass is 10.0. The number of carbonyl (C=O) groups excluding carboxylic acids is 1. The van der Waals surface area contributed by atoms with Crippen molar-refractivity contribution in [2.45, 2.75) is 45.6 Å². The van der Waals surface area contributed by atoms with Crippen LogP contribution in [-0.2, 0) is 17.6 Å². The normalized spacial score (nSPS) is 16.1. The van der Waals surface area contributed by atoms with Crippen LogP contribution in [0.25, 0.3) is 11.3 Å². The number of rotatable bonds is 5. The van der Waals surface area contributed by atoms with E-state index in [1.165, 1.54) is 0 Å². The molecule has 0 saturated carbocycles. The van der Waals surface area contributed by atoms with E-state index in [2.05, 4.69) is 15.0 Å². The Balaban J connectivity index is 1.37. The zero-order valence-corrected chi connectivity index (χ0v) is 19.9. The van der Waals surface area contributed by atoms with Gasteiger partial charge in [0.1, 0.15) is 11.4 Å². The number of benzene rings is 1. The smallest absolute Gasteiger partial charge is 0.410 e. The van der Waals surface area contributed by atoms with Gasteiger partial charge in [0.15, 0.2) is 0 Å². The van der Waals surface area contributed by atoms with Crippen molar-refractivity contribution in [1.29, 1.82) is 0 Å². The van der Waals surface area contributed by atoms with Crippen LogP contribution in [0.3, 0.4) is 0 Å². The van der Waals surface area contributed by atoms with Gasteiger partial charge in [-0.2, -0.15) is 0 Å². The summed E-state index contributed by atoms with van der Waals surface area (Å²) in [5.41, 5.74) is 3.03. The molecule has 0 N–H and O–H groups in total. The van der Waals surface area contributed by atoms with E-state index in [-0.39, 0.29) is 6.09 Å². The SMILES string of the molecule is CC(C)(C)OC(=O)N1CC[C@H](Cc2cncc(-c3cnc(Cc4cccc(Cl)c4)nc3)n2)C1. The molecule has 1 aliphatic rings. The van der Waals surface area contributed by atoms with E-state index in [9.17, 15) is 4.79 Å². The number of ether oxygens (including phenoxy) is 1. The van der Waals surface area contributed by atoms with Gasteiger partial charge in [-0.1, -0.05) is 23.7 Å². The molecule has 3 heterocycles. The Kier molecular flexibility index (Phi) is 6.88. The zero-order chi connectivity index (χ0) is 23.4. The van der Waals surface area contributed by atoms with Crippen molar-refractivity contribution in [2.75, 3.05) is 13.1 Å². The van der Waals surface area contributed by atoms with Crippen LogP contribution in [-0.4, -0.2) is 49.6 Å². The van der Waals surface area contributed by atoms with Crippen LogP contribution in [0.5, 0.6) is 0 Å². The first-order valence-corrected chi connectivity index (χ1v) is 11.5. The average Bonchev–Trinajstić information content (AvgIpc) is 3.22. The van der Waals surface area contributed by atoms with Gasteiger partial charge in [-0.15, -0.1) is 0 Å². The molecule has 8 heteroatoms. The van der Waals surface area contributed by atoms with E-state index < -0.39 is 5.60 Å². The molecule has 1 saturated heterocycles.